The third-order valence-electron chi connectivity index (χ3n) is 3.96. The van der Waals surface area contributed by atoms with Gasteiger partial charge in [0, 0.05) is 18.4 Å². The van der Waals surface area contributed by atoms with Crippen LogP contribution in [0.15, 0.2) is 35.6 Å². The normalized spacial score (nSPS) is 12.3. The van der Waals surface area contributed by atoms with Gasteiger partial charge >= 0.3 is 22.2 Å². The zero-order chi connectivity index (χ0) is 21.6. The molecule has 0 atom stereocenters. The molecule has 154 valence electrons. The first-order valence-electron chi connectivity index (χ1n) is 8.13. The van der Waals surface area contributed by atoms with Gasteiger partial charge < -0.3 is 5.11 Å². The van der Waals surface area contributed by atoms with E-state index in [0.717, 1.165) is 16.6 Å². The van der Waals surface area contributed by atoms with Crippen LogP contribution in [-0.4, -0.2) is 45.6 Å². The highest BCUT2D eigenvalue weighted by atomic mass is 32.2. The minimum absolute atomic E-state index is 0.0674. The van der Waals surface area contributed by atoms with Crippen LogP contribution in [0.1, 0.15) is 28.5 Å². The van der Waals surface area contributed by atoms with Crippen LogP contribution in [0.5, 0.6) is 0 Å². The number of sulfonamides is 1. The first-order chi connectivity index (χ1) is 13.5. The summed E-state index contributed by atoms with van der Waals surface area (Å²) < 4.78 is 68.1. The first kappa shape index (κ1) is 20.5. The average molecular weight is 429 g/mol. The Morgan fingerprint density at radius 2 is 1.93 bits per heavy atom. The van der Waals surface area contributed by atoms with E-state index >= 15 is 0 Å². The van der Waals surface area contributed by atoms with Crippen molar-refractivity contribution in [3.63, 3.8) is 0 Å². The largest absolute Gasteiger partial charge is 0.478 e. The van der Waals surface area contributed by atoms with Crippen LogP contribution in [0.4, 0.5) is 18.9 Å². The summed E-state index contributed by atoms with van der Waals surface area (Å²) >= 11 is 0. The molecule has 1 aromatic carbocycles. The van der Waals surface area contributed by atoms with E-state index < -0.39 is 50.7 Å². The number of halogens is 3. The van der Waals surface area contributed by atoms with Gasteiger partial charge in [-0.05, 0) is 32.0 Å². The number of benzene rings is 1. The van der Waals surface area contributed by atoms with E-state index in [4.69, 9.17) is 0 Å². The summed E-state index contributed by atoms with van der Waals surface area (Å²) in [4.78, 5) is 19.3. The lowest BCUT2D eigenvalue weighted by Gasteiger charge is -2.26. The molecule has 13 heteroatoms. The molecule has 9 nitrogen and oxygen atoms in total. The quantitative estimate of drug-likeness (QED) is 0.662. The second kappa shape index (κ2) is 6.99. The summed E-state index contributed by atoms with van der Waals surface area (Å²) in [6, 6.07) is 3.94. The number of anilines is 1. The van der Waals surface area contributed by atoms with E-state index in [1.165, 1.54) is 19.2 Å². The number of nitrogens with zero attached hydrogens (tertiary/aromatic N) is 5. The molecule has 0 saturated heterocycles. The van der Waals surface area contributed by atoms with E-state index in [0.29, 0.717) is 16.1 Å². The highest BCUT2D eigenvalue weighted by Gasteiger charge is 2.41. The molecule has 0 saturated carbocycles. The molecule has 0 aliphatic carbocycles. The molecule has 0 fully saturated rings. The fourth-order valence-electron chi connectivity index (χ4n) is 2.72. The zero-order valence-electron chi connectivity index (χ0n) is 15.0. The number of hydrogen-bond donors (Lipinski definition) is 1. The van der Waals surface area contributed by atoms with Crippen molar-refractivity contribution in [1.82, 2.24) is 19.6 Å². The molecule has 3 aromatic rings. The maximum atomic E-state index is 13.5. The minimum Gasteiger partial charge on any atom is -0.478 e. The Bertz CT molecular complexity index is 1210. The van der Waals surface area contributed by atoms with Crippen LogP contribution in [0.3, 0.4) is 0 Å². The first-order valence-corrected chi connectivity index (χ1v) is 9.57. The van der Waals surface area contributed by atoms with Gasteiger partial charge in [-0.1, -0.05) is 6.07 Å². The van der Waals surface area contributed by atoms with Crippen LogP contribution >= 0.6 is 0 Å². The van der Waals surface area contributed by atoms with Crippen LogP contribution in [0, 0.1) is 6.92 Å². The standard InChI is InChI=1S/C16H14F3N5O4S/c1-3-24(12-10(13(25)26)5-4-6-11(12)16(17,18)19)29(27,28)15-21-14-20-9(2)7-8-23(14)22-15/h4-8H,3H2,1-2H3,(H,25,26). The van der Waals surface area contributed by atoms with Gasteiger partial charge in [0.2, 0.25) is 0 Å². The number of rotatable bonds is 5. The lowest BCUT2D eigenvalue weighted by Crippen LogP contribution is -2.34. The molecule has 2 heterocycles. The number of fused-ring (bicyclic) bond motifs is 1. The molecule has 0 unspecified atom stereocenters. The number of aryl methyl sites for hydroxylation is 1. The second-order valence-electron chi connectivity index (χ2n) is 5.88. The Labute approximate surface area is 162 Å². The highest BCUT2D eigenvalue weighted by Crippen LogP contribution is 2.40. The Balaban J connectivity index is 2.26. The Kier molecular flexibility index (Phi) is 4.94. The van der Waals surface area contributed by atoms with E-state index in [9.17, 15) is 31.5 Å². The number of alkyl halides is 3. The van der Waals surface area contributed by atoms with E-state index in [1.807, 2.05) is 0 Å². The van der Waals surface area contributed by atoms with Gasteiger partial charge in [-0.15, -0.1) is 5.10 Å². The molecule has 0 aliphatic rings. The van der Waals surface area contributed by atoms with Crippen LogP contribution < -0.4 is 4.31 Å². The molecular weight excluding hydrogens is 415 g/mol. The van der Waals surface area contributed by atoms with Crippen LogP contribution in [0.25, 0.3) is 5.78 Å². The summed E-state index contributed by atoms with van der Waals surface area (Å²) in [7, 11) is -4.73. The number of carboxylic acids is 1. The van der Waals surface area contributed by atoms with Crippen LogP contribution in [0.2, 0.25) is 0 Å². The SMILES string of the molecule is CCN(c1c(C(=O)O)cccc1C(F)(F)F)S(=O)(=O)c1nc2nc(C)ccn2n1. The van der Waals surface area contributed by atoms with Gasteiger partial charge in [0.25, 0.3) is 10.9 Å². The van der Waals surface area contributed by atoms with Crippen molar-refractivity contribution in [3.8, 4) is 0 Å². The van der Waals surface area contributed by atoms with Crippen molar-refractivity contribution in [2.24, 2.45) is 0 Å². The molecule has 0 radical (unpaired) electrons. The predicted molar refractivity (Wildman–Crippen MR) is 94.1 cm³/mol. The molecule has 2 aromatic heterocycles. The molecular formula is C16H14F3N5O4S. The monoisotopic (exact) mass is 429 g/mol. The lowest BCUT2D eigenvalue weighted by atomic mass is 10.1. The summed E-state index contributed by atoms with van der Waals surface area (Å²) in [5, 5.41) is 12.3. The van der Waals surface area contributed by atoms with Crippen molar-refractivity contribution in [1.29, 1.82) is 0 Å². The third kappa shape index (κ3) is 3.60. The molecule has 3 rings (SSSR count). The lowest BCUT2D eigenvalue weighted by molar-refractivity contribution is -0.137. The fraction of sp³-hybridized carbons (Fsp3) is 0.250. The molecule has 0 aliphatic heterocycles. The number of hydrogen-bond acceptors (Lipinski definition) is 6. The van der Waals surface area contributed by atoms with E-state index in [1.54, 1.807) is 6.92 Å². The van der Waals surface area contributed by atoms with Gasteiger partial charge in [0.1, 0.15) is 0 Å². The highest BCUT2D eigenvalue weighted by molar-refractivity contribution is 7.92. The van der Waals surface area contributed by atoms with Gasteiger partial charge in [-0.2, -0.15) is 26.6 Å². The summed E-state index contributed by atoms with van der Waals surface area (Å²) in [6.07, 6.45) is -3.60. The van der Waals surface area contributed by atoms with Crippen molar-refractivity contribution < 1.29 is 31.5 Å². The smallest absolute Gasteiger partial charge is 0.418 e. The van der Waals surface area contributed by atoms with Crippen molar-refractivity contribution >= 4 is 27.5 Å². The minimum atomic E-state index is -4.99. The summed E-state index contributed by atoms with van der Waals surface area (Å²) in [5.41, 5.74) is -2.70. The van der Waals surface area contributed by atoms with E-state index in [-0.39, 0.29) is 5.78 Å². The van der Waals surface area contributed by atoms with E-state index in [2.05, 4.69) is 15.1 Å². The topological polar surface area (TPSA) is 118 Å². The van der Waals surface area contributed by atoms with Gasteiger partial charge in [-0.25, -0.2) is 14.3 Å². The average Bonchev–Trinajstić information content (AvgIpc) is 3.05. The molecule has 29 heavy (non-hydrogen) atoms. The molecule has 0 spiro atoms. The number of aromatic carboxylic acids is 1. The van der Waals surface area contributed by atoms with Gasteiger partial charge in [0.15, 0.2) is 0 Å². The molecule has 0 amide bonds. The number of para-hydroxylation sites is 1. The predicted octanol–water partition coefficient (Wildman–Crippen LogP) is 2.36. The Morgan fingerprint density at radius 1 is 1.24 bits per heavy atom. The fourth-order valence-corrected chi connectivity index (χ4v) is 4.08. The van der Waals surface area contributed by atoms with Gasteiger partial charge in [-0.3, -0.25) is 4.31 Å². The Hall–Kier alpha value is -3.22. The number of carbonyl (C=O) groups is 1. The number of carboxylic acid groups (broad SMARTS) is 1. The van der Waals surface area contributed by atoms with Crippen LogP contribution in [-0.2, 0) is 16.2 Å². The summed E-state index contributed by atoms with van der Waals surface area (Å²) in [5.74, 6) is -1.78. The molecule has 1 N–H and O–H groups in total. The van der Waals surface area contributed by atoms with Crippen molar-refractivity contribution in [3.05, 3.63) is 47.3 Å². The Morgan fingerprint density at radius 3 is 2.52 bits per heavy atom. The van der Waals surface area contributed by atoms with Gasteiger partial charge in [0.05, 0.1) is 16.8 Å². The second-order valence-corrected chi connectivity index (χ2v) is 7.64. The maximum Gasteiger partial charge on any atom is 0.418 e. The third-order valence-corrected chi connectivity index (χ3v) is 5.61. The zero-order valence-corrected chi connectivity index (χ0v) is 15.9. The van der Waals surface area contributed by atoms with Crippen molar-refractivity contribution in [2.45, 2.75) is 25.2 Å². The molecule has 0 bridgehead atoms. The maximum absolute atomic E-state index is 13.5. The van der Waals surface area contributed by atoms with Crippen molar-refractivity contribution in [2.75, 3.05) is 10.8 Å². The summed E-state index contributed by atoms with van der Waals surface area (Å²) in [6.45, 7) is 2.42. The number of aromatic nitrogens is 4.